The number of carbonyl (C=O) groups is 1. The average molecular weight is 392 g/mol. The van der Waals surface area contributed by atoms with Crippen molar-refractivity contribution in [1.29, 1.82) is 0 Å². The molecule has 0 heterocycles. The monoisotopic (exact) mass is 391 g/mol. The van der Waals surface area contributed by atoms with Gasteiger partial charge in [-0.3, -0.25) is 9.52 Å². The fourth-order valence-corrected chi connectivity index (χ4v) is 4.31. The van der Waals surface area contributed by atoms with Gasteiger partial charge in [-0.05, 0) is 51.9 Å². The lowest BCUT2D eigenvalue weighted by Gasteiger charge is -2.25. The molecule has 22 heavy (non-hydrogen) atoms. The summed E-state index contributed by atoms with van der Waals surface area (Å²) in [5.74, 6) is -1.71. The van der Waals surface area contributed by atoms with Crippen molar-refractivity contribution in [3.63, 3.8) is 0 Å². The molecule has 1 aromatic rings. The van der Waals surface area contributed by atoms with Crippen molar-refractivity contribution in [2.75, 3.05) is 0 Å². The van der Waals surface area contributed by atoms with Gasteiger partial charge in [0.05, 0.1) is 10.2 Å². The standard InChI is InChI=1S/C15H19BrFNO3S/c1-15(2)7-3-4-11(15)14(19)18-22(20,21)9-10-5-6-12(16)13(17)8-10/h5-6,8,11H,3-4,7,9H2,1-2H3,(H,18,19). The molecule has 1 atom stereocenters. The van der Waals surface area contributed by atoms with E-state index in [4.69, 9.17) is 0 Å². The minimum Gasteiger partial charge on any atom is -0.274 e. The molecule has 1 aliphatic rings. The number of benzene rings is 1. The summed E-state index contributed by atoms with van der Waals surface area (Å²) < 4.78 is 40.1. The first-order chi connectivity index (χ1) is 10.1. The molecule has 0 spiro atoms. The lowest BCUT2D eigenvalue weighted by atomic mass is 9.81. The van der Waals surface area contributed by atoms with E-state index in [9.17, 15) is 17.6 Å². The Balaban J connectivity index is 2.07. The number of hydrogen-bond acceptors (Lipinski definition) is 3. The molecule has 0 radical (unpaired) electrons. The van der Waals surface area contributed by atoms with Crippen LogP contribution in [0, 0.1) is 17.2 Å². The van der Waals surface area contributed by atoms with E-state index in [2.05, 4.69) is 20.7 Å². The zero-order chi connectivity index (χ0) is 16.5. The molecule has 0 bridgehead atoms. The molecule has 1 N–H and O–H groups in total. The van der Waals surface area contributed by atoms with Gasteiger partial charge in [0.2, 0.25) is 15.9 Å². The third-order valence-corrected chi connectivity index (χ3v) is 6.04. The summed E-state index contributed by atoms with van der Waals surface area (Å²) in [5.41, 5.74) is 0.107. The van der Waals surface area contributed by atoms with Crippen LogP contribution in [0.5, 0.6) is 0 Å². The third kappa shape index (κ3) is 4.07. The fraction of sp³-hybridized carbons (Fsp3) is 0.533. The van der Waals surface area contributed by atoms with Gasteiger partial charge in [-0.15, -0.1) is 0 Å². The second-order valence-corrected chi connectivity index (χ2v) is 8.98. The van der Waals surface area contributed by atoms with E-state index >= 15 is 0 Å². The maximum absolute atomic E-state index is 13.4. The minimum atomic E-state index is -3.83. The van der Waals surface area contributed by atoms with Crippen LogP contribution in [-0.4, -0.2) is 14.3 Å². The Morgan fingerprint density at radius 2 is 2.14 bits per heavy atom. The van der Waals surface area contributed by atoms with Gasteiger partial charge in [0.25, 0.3) is 0 Å². The van der Waals surface area contributed by atoms with Crippen molar-refractivity contribution in [1.82, 2.24) is 4.72 Å². The Morgan fingerprint density at radius 3 is 2.68 bits per heavy atom. The van der Waals surface area contributed by atoms with E-state index in [1.165, 1.54) is 12.1 Å². The molecular weight excluding hydrogens is 373 g/mol. The predicted octanol–water partition coefficient (Wildman–Crippen LogP) is 3.36. The van der Waals surface area contributed by atoms with Gasteiger partial charge in [-0.25, -0.2) is 12.8 Å². The first-order valence-electron chi connectivity index (χ1n) is 7.09. The minimum absolute atomic E-state index is 0.191. The Kier molecular flexibility index (Phi) is 4.96. The zero-order valence-electron chi connectivity index (χ0n) is 12.5. The molecule has 7 heteroatoms. The largest absolute Gasteiger partial charge is 0.274 e. The first-order valence-corrected chi connectivity index (χ1v) is 9.53. The van der Waals surface area contributed by atoms with E-state index in [0.29, 0.717) is 12.0 Å². The lowest BCUT2D eigenvalue weighted by molar-refractivity contribution is -0.125. The van der Waals surface area contributed by atoms with Crippen molar-refractivity contribution in [3.05, 3.63) is 34.1 Å². The Labute approximate surface area is 138 Å². The molecule has 0 aliphatic heterocycles. The molecule has 1 unspecified atom stereocenters. The van der Waals surface area contributed by atoms with Crippen LogP contribution >= 0.6 is 15.9 Å². The van der Waals surface area contributed by atoms with Gasteiger partial charge in [-0.2, -0.15) is 0 Å². The number of rotatable bonds is 4. The highest BCUT2D eigenvalue weighted by Gasteiger charge is 2.40. The smallest absolute Gasteiger partial charge is 0.239 e. The third-order valence-electron chi connectivity index (χ3n) is 4.17. The zero-order valence-corrected chi connectivity index (χ0v) is 14.9. The van der Waals surface area contributed by atoms with E-state index in [1.807, 2.05) is 13.8 Å². The van der Waals surface area contributed by atoms with Crippen LogP contribution in [0.4, 0.5) is 4.39 Å². The summed E-state index contributed by atoms with van der Waals surface area (Å²) in [6.45, 7) is 3.95. The van der Waals surface area contributed by atoms with Crippen LogP contribution in [0.25, 0.3) is 0 Å². The maximum Gasteiger partial charge on any atom is 0.239 e. The van der Waals surface area contributed by atoms with Crippen LogP contribution < -0.4 is 4.72 Å². The first kappa shape index (κ1) is 17.4. The number of nitrogens with one attached hydrogen (secondary N) is 1. The summed E-state index contributed by atoms with van der Waals surface area (Å²) in [7, 11) is -3.83. The highest BCUT2D eigenvalue weighted by molar-refractivity contribution is 9.10. The van der Waals surface area contributed by atoms with Gasteiger partial charge < -0.3 is 0 Å². The molecular formula is C15H19BrFNO3S. The predicted molar refractivity (Wildman–Crippen MR) is 86.0 cm³/mol. The van der Waals surface area contributed by atoms with Crippen molar-refractivity contribution in [2.45, 2.75) is 38.9 Å². The maximum atomic E-state index is 13.4. The molecule has 4 nitrogen and oxygen atoms in total. The van der Waals surface area contributed by atoms with Gasteiger partial charge >= 0.3 is 0 Å². The van der Waals surface area contributed by atoms with Crippen LogP contribution in [0.2, 0.25) is 0 Å². The van der Waals surface area contributed by atoms with Gasteiger partial charge in [0.1, 0.15) is 5.82 Å². The van der Waals surface area contributed by atoms with E-state index in [0.717, 1.165) is 18.9 Å². The van der Waals surface area contributed by atoms with Crippen LogP contribution in [0.3, 0.4) is 0 Å². The summed E-state index contributed by atoms with van der Waals surface area (Å²) in [5, 5.41) is 0. The molecule has 122 valence electrons. The van der Waals surface area contributed by atoms with E-state index in [-0.39, 0.29) is 15.8 Å². The second kappa shape index (κ2) is 6.28. The SMILES string of the molecule is CC1(C)CCCC1C(=O)NS(=O)(=O)Cc1ccc(Br)c(F)c1. The van der Waals surface area contributed by atoms with Crippen molar-refractivity contribution in [2.24, 2.45) is 11.3 Å². The quantitative estimate of drug-likeness (QED) is 0.855. The summed E-state index contributed by atoms with van der Waals surface area (Å²) in [6.07, 6.45) is 2.52. The Bertz CT molecular complexity index is 688. The molecule has 1 aliphatic carbocycles. The fourth-order valence-electron chi connectivity index (χ4n) is 2.92. The van der Waals surface area contributed by atoms with Crippen LogP contribution in [0.1, 0.15) is 38.7 Å². The molecule has 2 rings (SSSR count). The number of amides is 1. The summed E-state index contributed by atoms with van der Waals surface area (Å²) in [4.78, 5) is 12.2. The van der Waals surface area contributed by atoms with Gasteiger partial charge in [0, 0.05) is 5.92 Å². The van der Waals surface area contributed by atoms with Crippen molar-refractivity contribution >= 4 is 31.9 Å². The van der Waals surface area contributed by atoms with Gasteiger partial charge in [-0.1, -0.05) is 26.3 Å². The van der Waals surface area contributed by atoms with Crippen molar-refractivity contribution in [3.8, 4) is 0 Å². The summed E-state index contributed by atoms with van der Waals surface area (Å²) in [6, 6.07) is 4.10. The molecule has 0 saturated heterocycles. The Morgan fingerprint density at radius 1 is 1.45 bits per heavy atom. The van der Waals surface area contributed by atoms with Crippen LogP contribution in [0.15, 0.2) is 22.7 Å². The van der Waals surface area contributed by atoms with Crippen molar-refractivity contribution < 1.29 is 17.6 Å². The molecule has 1 fully saturated rings. The molecule has 1 amide bonds. The lowest BCUT2D eigenvalue weighted by Crippen LogP contribution is -2.40. The molecule has 1 aromatic carbocycles. The topological polar surface area (TPSA) is 63.2 Å². The number of carbonyl (C=O) groups excluding carboxylic acids is 1. The number of hydrogen-bond donors (Lipinski definition) is 1. The Hall–Kier alpha value is -0.950. The van der Waals surface area contributed by atoms with E-state index < -0.39 is 27.5 Å². The average Bonchev–Trinajstić information content (AvgIpc) is 2.72. The molecule has 1 saturated carbocycles. The highest BCUT2D eigenvalue weighted by atomic mass is 79.9. The second-order valence-electron chi connectivity index (χ2n) is 6.41. The number of sulfonamides is 1. The highest BCUT2D eigenvalue weighted by Crippen LogP contribution is 2.42. The summed E-state index contributed by atoms with van der Waals surface area (Å²) >= 11 is 3.01. The van der Waals surface area contributed by atoms with E-state index in [1.54, 1.807) is 0 Å². The van der Waals surface area contributed by atoms with Crippen LogP contribution in [-0.2, 0) is 20.6 Å². The normalized spacial score (nSPS) is 20.8. The molecule has 0 aromatic heterocycles. The van der Waals surface area contributed by atoms with Gasteiger partial charge in [0.15, 0.2) is 0 Å². The number of halogens is 2.